The lowest BCUT2D eigenvalue weighted by molar-refractivity contribution is 0.118. The van der Waals surface area contributed by atoms with Crippen molar-refractivity contribution in [2.24, 2.45) is 5.84 Å². The van der Waals surface area contributed by atoms with Gasteiger partial charge in [0.2, 0.25) is 0 Å². The first-order chi connectivity index (χ1) is 8.71. The number of hydrogen-bond acceptors (Lipinski definition) is 5. The molecule has 0 fully saturated rings. The fourth-order valence-corrected chi connectivity index (χ4v) is 1.81. The highest BCUT2D eigenvalue weighted by atomic mass is 16.5. The minimum absolute atomic E-state index is 0.530. The van der Waals surface area contributed by atoms with Gasteiger partial charge in [-0.15, -0.1) is 0 Å². The second-order valence-corrected chi connectivity index (χ2v) is 4.41. The summed E-state index contributed by atoms with van der Waals surface area (Å²) < 4.78 is 5.16. The van der Waals surface area contributed by atoms with Crippen molar-refractivity contribution in [2.75, 3.05) is 25.7 Å². The lowest BCUT2D eigenvalue weighted by Gasteiger charge is -2.28. The molecule has 102 valence electrons. The van der Waals surface area contributed by atoms with Crippen molar-refractivity contribution in [3.05, 3.63) is 23.9 Å². The Balaban J connectivity index is 2.68. The van der Waals surface area contributed by atoms with E-state index < -0.39 is 0 Å². The maximum atomic E-state index is 5.37. The highest BCUT2D eigenvalue weighted by molar-refractivity contribution is 5.35. The highest BCUT2D eigenvalue weighted by Gasteiger charge is 2.12. The first kappa shape index (κ1) is 14.9. The molecule has 5 heteroatoms. The zero-order valence-corrected chi connectivity index (χ0v) is 11.5. The van der Waals surface area contributed by atoms with E-state index in [4.69, 9.17) is 10.6 Å². The molecule has 0 saturated heterocycles. The number of pyridine rings is 1. The quantitative estimate of drug-likeness (QED) is 0.543. The number of aromatic nitrogens is 1. The predicted octanol–water partition coefficient (Wildman–Crippen LogP) is 1.61. The van der Waals surface area contributed by atoms with Gasteiger partial charge in [-0.3, -0.25) is 4.90 Å². The van der Waals surface area contributed by atoms with Crippen molar-refractivity contribution in [1.82, 2.24) is 9.88 Å². The molecule has 1 unspecified atom stereocenters. The number of ether oxygens (including phenoxy) is 1. The normalized spacial score (nSPS) is 12.7. The Morgan fingerprint density at radius 2 is 2.33 bits per heavy atom. The van der Waals surface area contributed by atoms with Crippen LogP contribution in [0.2, 0.25) is 0 Å². The summed E-state index contributed by atoms with van der Waals surface area (Å²) in [6, 6.07) is 4.52. The lowest BCUT2D eigenvalue weighted by atomic mass is 10.1. The number of nitrogen functional groups attached to an aromatic ring is 1. The predicted molar refractivity (Wildman–Crippen MR) is 74.1 cm³/mol. The first-order valence-corrected chi connectivity index (χ1v) is 6.35. The van der Waals surface area contributed by atoms with Gasteiger partial charge in [0.15, 0.2) is 0 Å². The summed E-state index contributed by atoms with van der Waals surface area (Å²) in [5.74, 6) is 6.07. The van der Waals surface area contributed by atoms with Crippen LogP contribution in [0, 0.1) is 0 Å². The third kappa shape index (κ3) is 4.60. The zero-order chi connectivity index (χ0) is 13.4. The molecule has 0 aliphatic carbocycles. The number of hydrogen-bond donors (Lipinski definition) is 2. The third-order valence-corrected chi connectivity index (χ3v) is 3.15. The molecular formula is C13H24N4O. The molecule has 1 heterocycles. The first-order valence-electron chi connectivity index (χ1n) is 6.35. The maximum absolute atomic E-state index is 5.37. The number of anilines is 1. The van der Waals surface area contributed by atoms with E-state index in [1.807, 2.05) is 12.1 Å². The van der Waals surface area contributed by atoms with Crippen molar-refractivity contribution in [2.45, 2.75) is 32.9 Å². The van der Waals surface area contributed by atoms with Gasteiger partial charge in [-0.05, 0) is 31.0 Å². The molecule has 1 aromatic heterocycles. The smallest absolute Gasteiger partial charge is 0.140 e. The van der Waals surface area contributed by atoms with Crippen LogP contribution in [0.4, 0.5) is 5.82 Å². The molecule has 0 saturated carbocycles. The Labute approximate surface area is 109 Å². The van der Waals surface area contributed by atoms with E-state index in [-0.39, 0.29) is 0 Å². The summed E-state index contributed by atoms with van der Waals surface area (Å²) in [6.07, 6.45) is 2.90. The minimum atomic E-state index is 0.530. The standard InChI is InChI=1S/C13H24N4O/c1-4-11(2)17(7-8-18-3)10-12-5-6-15-13(9-12)16-14/h5-6,9,11H,4,7-8,10,14H2,1-3H3,(H,15,16). The van der Waals surface area contributed by atoms with Crippen LogP contribution in [-0.4, -0.2) is 36.2 Å². The van der Waals surface area contributed by atoms with E-state index >= 15 is 0 Å². The van der Waals surface area contributed by atoms with Gasteiger partial charge in [0.05, 0.1) is 6.61 Å². The topological polar surface area (TPSA) is 63.4 Å². The van der Waals surface area contributed by atoms with Crippen molar-refractivity contribution < 1.29 is 4.74 Å². The van der Waals surface area contributed by atoms with Crippen molar-refractivity contribution in [1.29, 1.82) is 0 Å². The molecule has 0 aromatic carbocycles. The second-order valence-electron chi connectivity index (χ2n) is 4.41. The van der Waals surface area contributed by atoms with Gasteiger partial charge >= 0.3 is 0 Å². The van der Waals surface area contributed by atoms with E-state index in [1.165, 1.54) is 5.56 Å². The van der Waals surface area contributed by atoms with E-state index in [9.17, 15) is 0 Å². The molecule has 0 aliphatic rings. The van der Waals surface area contributed by atoms with E-state index in [1.54, 1.807) is 13.3 Å². The average molecular weight is 252 g/mol. The van der Waals surface area contributed by atoms with E-state index in [2.05, 4.69) is 29.2 Å². The minimum Gasteiger partial charge on any atom is -0.383 e. The SMILES string of the molecule is CCC(C)N(CCOC)Cc1ccnc(NN)c1. The molecule has 1 aromatic rings. The average Bonchev–Trinajstić information content (AvgIpc) is 2.42. The van der Waals surface area contributed by atoms with E-state index in [0.29, 0.717) is 11.9 Å². The number of methoxy groups -OCH3 is 1. The third-order valence-electron chi connectivity index (χ3n) is 3.15. The monoisotopic (exact) mass is 252 g/mol. The van der Waals surface area contributed by atoms with Crippen LogP contribution in [0.1, 0.15) is 25.8 Å². The summed E-state index contributed by atoms with van der Waals surface area (Å²) >= 11 is 0. The van der Waals surface area contributed by atoms with Gasteiger partial charge in [0, 0.05) is 32.4 Å². The molecule has 0 aliphatic heterocycles. The fraction of sp³-hybridized carbons (Fsp3) is 0.615. The van der Waals surface area contributed by atoms with Crippen LogP contribution in [0.25, 0.3) is 0 Å². The van der Waals surface area contributed by atoms with Gasteiger partial charge in [0.25, 0.3) is 0 Å². The Morgan fingerprint density at radius 1 is 1.56 bits per heavy atom. The van der Waals surface area contributed by atoms with Crippen LogP contribution in [-0.2, 0) is 11.3 Å². The van der Waals surface area contributed by atoms with Crippen LogP contribution >= 0.6 is 0 Å². The Bertz CT molecular complexity index is 346. The summed E-state index contributed by atoms with van der Waals surface area (Å²) in [4.78, 5) is 6.51. The second kappa shape index (κ2) is 8.02. The highest BCUT2D eigenvalue weighted by Crippen LogP contribution is 2.12. The molecule has 3 N–H and O–H groups in total. The van der Waals surface area contributed by atoms with Crippen LogP contribution in [0.5, 0.6) is 0 Å². The summed E-state index contributed by atoms with van der Waals surface area (Å²) in [7, 11) is 1.73. The summed E-state index contributed by atoms with van der Waals surface area (Å²) in [5, 5.41) is 0. The molecule has 0 amide bonds. The van der Waals surface area contributed by atoms with Crippen LogP contribution in [0.3, 0.4) is 0 Å². The van der Waals surface area contributed by atoms with Gasteiger partial charge in [-0.2, -0.15) is 0 Å². The molecule has 0 spiro atoms. The Kier molecular flexibility index (Phi) is 6.64. The van der Waals surface area contributed by atoms with Crippen molar-refractivity contribution in [3.8, 4) is 0 Å². The van der Waals surface area contributed by atoms with Crippen molar-refractivity contribution >= 4 is 5.82 Å². The van der Waals surface area contributed by atoms with Gasteiger partial charge < -0.3 is 10.2 Å². The molecule has 0 radical (unpaired) electrons. The van der Waals surface area contributed by atoms with Gasteiger partial charge in [-0.1, -0.05) is 6.92 Å². The molecule has 18 heavy (non-hydrogen) atoms. The molecule has 1 rings (SSSR count). The molecule has 0 bridgehead atoms. The molecule has 5 nitrogen and oxygen atoms in total. The van der Waals surface area contributed by atoms with Crippen LogP contribution < -0.4 is 11.3 Å². The summed E-state index contributed by atoms with van der Waals surface area (Å²) in [5.41, 5.74) is 3.78. The Morgan fingerprint density at radius 3 is 2.94 bits per heavy atom. The molecular weight excluding hydrogens is 228 g/mol. The number of hydrazine groups is 1. The fourth-order valence-electron chi connectivity index (χ4n) is 1.81. The summed E-state index contributed by atoms with van der Waals surface area (Å²) in [6.45, 7) is 7.00. The van der Waals surface area contributed by atoms with E-state index in [0.717, 1.165) is 26.1 Å². The lowest BCUT2D eigenvalue weighted by Crippen LogP contribution is -2.34. The number of nitrogens with two attached hydrogens (primary N) is 1. The zero-order valence-electron chi connectivity index (χ0n) is 11.5. The Hall–Kier alpha value is -1.17. The van der Waals surface area contributed by atoms with Gasteiger partial charge in [0.1, 0.15) is 5.82 Å². The number of nitrogens with zero attached hydrogens (tertiary/aromatic N) is 2. The number of rotatable bonds is 8. The number of nitrogens with one attached hydrogen (secondary N) is 1. The van der Waals surface area contributed by atoms with Crippen molar-refractivity contribution in [3.63, 3.8) is 0 Å². The van der Waals surface area contributed by atoms with Crippen LogP contribution in [0.15, 0.2) is 18.3 Å². The van der Waals surface area contributed by atoms with Gasteiger partial charge in [-0.25, -0.2) is 10.8 Å². The maximum Gasteiger partial charge on any atom is 0.140 e. The molecule has 1 atom stereocenters. The largest absolute Gasteiger partial charge is 0.383 e.